The molecule has 5 heteroatoms. The number of carboxylic acid groups (broad SMARTS) is 1. The van der Waals surface area contributed by atoms with Crippen LogP contribution in [0.3, 0.4) is 0 Å². The van der Waals surface area contributed by atoms with Crippen LogP contribution in [0.15, 0.2) is 0 Å². The van der Waals surface area contributed by atoms with Crippen molar-refractivity contribution in [2.45, 2.75) is 43.7 Å². The van der Waals surface area contributed by atoms with Crippen molar-refractivity contribution in [1.82, 2.24) is 5.32 Å². The summed E-state index contributed by atoms with van der Waals surface area (Å²) in [4.78, 5) is 22.1. The quantitative estimate of drug-likeness (QED) is 0.715. The first-order chi connectivity index (χ1) is 6.98. The molecule has 3 rings (SSSR count). The first-order valence-corrected chi connectivity index (χ1v) is 5.14. The molecule has 0 aromatic rings. The van der Waals surface area contributed by atoms with E-state index in [1.807, 2.05) is 0 Å². The van der Waals surface area contributed by atoms with Gasteiger partial charge in [0.25, 0.3) is 0 Å². The van der Waals surface area contributed by atoms with Gasteiger partial charge in [0, 0.05) is 0 Å². The van der Waals surface area contributed by atoms with Crippen LogP contribution in [0.1, 0.15) is 32.6 Å². The maximum absolute atomic E-state index is 11.4. The minimum Gasteiger partial charge on any atom is -0.465 e. The highest BCUT2D eigenvalue weighted by atomic mass is 16.5. The number of carbonyl (C=O) groups is 2. The van der Waals surface area contributed by atoms with Crippen LogP contribution in [-0.4, -0.2) is 34.7 Å². The van der Waals surface area contributed by atoms with Crippen LogP contribution >= 0.6 is 0 Å². The summed E-state index contributed by atoms with van der Waals surface area (Å²) in [5, 5.41) is 11.2. The third-order valence-electron chi connectivity index (χ3n) is 3.65. The number of carbonyl (C=O) groups excluding carboxylic acids is 1. The van der Waals surface area contributed by atoms with Gasteiger partial charge in [0.05, 0.1) is 12.1 Å². The van der Waals surface area contributed by atoms with E-state index in [1.165, 1.54) is 0 Å². The van der Waals surface area contributed by atoms with Crippen LogP contribution in [-0.2, 0) is 9.53 Å². The van der Waals surface area contributed by atoms with Crippen LogP contribution in [0.4, 0.5) is 4.79 Å². The normalized spacial score (nSPS) is 38.7. The summed E-state index contributed by atoms with van der Waals surface area (Å²) in [6.07, 6.45) is 1.62. The Morgan fingerprint density at radius 2 is 1.87 bits per heavy atom. The largest absolute Gasteiger partial charge is 0.465 e. The second-order valence-corrected chi connectivity index (χ2v) is 4.55. The molecule has 0 spiro atoms. The molecule has 5 nitrogen and oxygen atoms in total. The van der Waals surface area contributed by atoms with Crippen molar-refractivity contribution in [2.24, 2.45) is 0 Å². The molecule has 2 N–H and O–H groups in total. The molecule has 2 aliphatic heterocycles. The van der Waals surface area contributed by atoms with Crippen molar-refractivity contribution in [3.8, 4) is 0 Å². The zero-order chi connectivity index (χ0) is 11.1. The van der Waals surface area contributed by atoms with Crippen molar-refractivity contribution in [3.05, 3.63) is 0 Å². The van der Waals surface area contributed by atoms with Gasteiger partial charge in [-0.25, -0.2) is 4.79 Å². The molecular formula is C10H15NO4. The fraction of sp³-hybridized carbons (Fsp3) is 0.800. The number of Topliss-reactive ketones (excluding diaryl/α,β-unsaturated/α-hetero) is 1. The molecule has 2 heterocycles. The van der Waals surface area contributed by atoms with E-state index in [0.717, 1.165) is 0 Å². The zero-order valence-electron chi connectivity index (χ0n) is 8.71. The number of nitrogens with one attached hydrogen (secondary N) is 1. The third-order valence-corrected chi connectivity index (χ3v) is 3.65. The van der Waals surface area contributed by atoms with E-state index in [4.69, 9.17) is 9.84 Å². The van der Waals surface area contributed by atoms with Gasteiger partial charge in [0.15, 0.2) is 5.78 Å². The van der Waals surface area contributed by atoms with E-state index in [9.17, 15) is 9.59 Å². The summed E-state index contributed by atoms with van der Waals surface area (Å²) < 4.78 is 5.55. The molecule has 0 radical (unpaired) electrons. The van der Waals surface area contributed by atoms with Crippen LogP contribution < -0.4 is 5.32 Å². The van der Waals surface area contributed by atoms with E-state index >= 15 is 0 Å². The fourth-order valence-electron chi connectivity index (χ4n) is 2.54. The number of hydrogen-bond acceptors (Lipinski definition) is 3. The Balaban J connectivity index is 2.10. The van der Waals surface area contributed by atoms with Crippen molar-refractivity contribution in [2.75, 3.05) is 6.61 Å². The van der Waals surface area contributed by atoms with E-state index < -0.39 is 17.2 Å². The van der Waals surface area contributed by atoms with Crippen LogP contribution in [0, 0.1) is 0 Å². The molecule has 0 aromatic carbocycles. The summed E-state index contributed by atoms with van der Waals surface area (Å²) >= 11 is 0. The fourth-order valence-corrected chi connectivity index (χ4v) is 2.54. The maximum Gasteiger partial charge on any atom is 0.405 e. The molecule has 84 valence electrons. The molecular weight excluding hydrogens is 198 g/mol. The van der Waals surface area contributed by atoms with Gasteiger partial charge < -0.3 is 15.2 Å². The summed E-state index contributed by atoms with van der Waals surface area (Å²) in [6.45, 7) is 1.86. The predicted octanol–water partition coefficient (Wildman–Crippen LogP) is 0.925. The molecule has 2 saturated heterocycles. The van der Waals surface area contributed by atoms with E-state index in [1.54, 1.807) is 6.92 Å². The van der Waals surface area contributed by atoms with Gasteiger partial charge in [-0.05, 0) is 32.6 Å². The lowest BCUT2D eigenvalue weighted by molar-refractivity contribution is -0.175. The second-order valence-electron chi connectivity index (χ2n) is 4.55. The van der Waals surface area contributed by atoms with Crippen molar-refractivity contribution >= 4 is 11.9 Å². The highest BCUT2D eigenvalue weighted by Gasteiger charge is 2.52. The standard InChI is InChI=1S/C10H15NO4/c1-7(12)10-4-2-9(3-5-10,6-15-10)11-8(13)14/h11H,2-6H2,1H3,(H,13,14). The van der Waals surface area contributed by atoms with Gasteiger partial charge in [0.1, 0.15) is 5.60 Å². The van der Waals surface area contributed by atoms with Crippen molar-refractivity contribution in [1.29, 1.82) is 0 Å². The minimum absolute atomic E-state index is 0.0612. The van der Waals surface area contributed by atoms with Gasteiger partial charge in [-0.15, -0.1) is 0 Å². The highest BCUT2D eigenvalue weighted by molar-refractivity contribution is 5.85. The molecule has 0 atom stereocenters. The van der Waals surface area contributed by atoms with Gasteiger partial charge >= 0.3 is 6.09 Å². The van der Waals surface area contributed by atoms with Crippen LogP contribution in [0.2, 0.25) is 0 Å². The molecule has 15 heavy (non-hydrogen) atoms. The van der Waals surface area contributed by atoms with Gasteiger partial charge in [0.2, 0.25) is 0 Å². The lowest BCUT2D eigenvalue weighted by atomic mass is 9.70. The Hall–Kier alpha value is -1.10. The molecule has 1 saturated carbocycles. The SMILES string of the molecule is CC(=O)C12CCC(NC(=O)O)(CC1)CO2. The first-order valence-electron chi connectivity index (χ1n) is 5.14. The van der Waals surface area contributed by atoms with E-state index in [0.29, 0.717) is 32.3 Å². The lowest BCUT2D eigenvalue weighted by Gasteiger charge is -2.51. The number of ether oxygens (including phenoxy) is 1. The average Bonchev–Trinajstić information content (AvgIpc) is 2.18. The molecule has 3 fully saturated rings. The summed E-state index contributed by atoms with van der Waals surface area (Å²) in [7, 11) is 0. The Labute approximate surface area is 87.8 Å². The van der Waals surface area contributed by atoms with Crippen molar-refractivity contribution in [3.63, 3.8) is 0 Å². The number of rotatable bonds is 2. The lowest BCUT2D eigenvalue weighted by Crippen LogP contribution is -2.64. The number of ketones is 1. The second kappa shape index (κ2) is 3.20. The van der Waals surface area contributed by atoms with Gasteiger partial charge in [-0.1, -0.05) is 0 Å². The number of amides is 1. The van der Waals surface area contributed by atoms with Gasteiger partial charge in [-0.2, -0.15) is 0 Å². The predicted molar refractivity (Wildman–Crippen MR) is 51.7 cm³/mol. The molecule has 0 unspecified atom stereocenters. The highest BCUT2D eigenvalue weighted by Crippen LogP contribution is 2.43. The van der Waals surface area contributed by atoms with Crippen LogP contribution in [0.25, 0.3) is 0 Å². The topological polar surface area (TPSA) is 75.6 Å². The molecule has 2 bridgehead atoms. The zero-order valence-corrected chi connectivity index (χ0v) is 8.71. The third kappa shape index (κ3) is 1.61. The number of hydrogen-bond donors (Lipinski definition) is 2. The summed E-state index contributed by atoms with van der Waals surface area (Å²) in [6, 6.07) is 0. The van der Waals surface area contributed by atoms with E-state index in [-0.39, 0.29) is 5.78 Å². The summed E-state index contributed by atoms with van der Waals surface area (Å²) in [5.74, 6) is 0.0612. The first kappa shape index (κ1) is 10.4. The average molecular weight is 213 g/mol. The smallest absolute Gasteiger partial charge is 0.405 e. The Bertz CT molecular complexity index is 288. The Morgan fingerprint density at radius 3 is 2.20 bits per heavy atom. The molecule has 1 amide bonds. The maximum atomic E-state index is 11.4. The Morgan fingerprint density at radius 1 is 1.27 bits per heavy atom. The van der Waals surface area contributed by atoms with Gasteiger partial charge in [-0.3, -0.25) is 4.79 Å². The molecule has 0 aromatic heterocycles. The monoisotopic (exact) mass is 213 g/mol. The number of fused-ring (bicyclic) bond motifs is 3. The van der Waals surface area contributed by atoms with E-state index in [2.05, 4.69) is 5.32 Å². The molecule has 1 aliphatic carbocycles. The minimum atomic E-state index is -1.02. The molecule has 3 aliphatic rings. The Kier molecular flexibility index (Phi) is 2.22. The summed E-state index contributed by atoms with van der Waals surface area (Å²) in [5.41, 5.74) is -1.08. The van der Waals surface area contributed by atoms with Crippen molar-refractivity contribution < 1.29 is 19.4 Å². The van der Waals surface area contributed by atoms with Crippen LogP contribution in [0.5, 0.6) is 0 Å².